The SMILES string of the molecule is CCCCc1oc2cc(C(F)(F)F)ccc2c1C(=O)c1cc(I)c(O)c(I)c1. The number of ketones is 1. The number of carbonyl (C=O) groups is 1. The second kappa shape index (κ2) is 8.21. The highest BCUT2D eigenvalue weighted by molar-refractivity contribution is 14.1. The predicted octanol–water partition coefficient (Wildman–Crippen LogP) is 6.94. The lowest BCUT2D eigenvalue weighted by Gasteiger charge is -2.07. The minimum Gasteiger partial charge on any atom is -0.506 e. The summed E-state index contributed by atoms with van der Waals surface area (Å²) >= 11 is 3.87. The van der Waals surface area contributed by atoms with Crippen LogP contribution in [0.3, 0.4) is 0 Å². The van der Waals surface area contributed by atoms with Crippen molar-refractivity contribution < 1.29 is 27.5 Å². The molecule has 1 N–H and O–H groups in total. The summed E-state index contributed by atoms with van der Waals surface area (Å²) in [6.45, 7) is 1.98. The first-order chi connectivity index (χ1) is 13.1. The molecule has 3 aromatic rings. The molecule has 0 aliphatic carbocycles. The highest BCUT2D eigenvalue weighted by Crippen LogP contribution is 2.36. The van der Waals surface area contributed by atoms with Gasteiger partial charge in [-0.25, -0.2) is 0 Å². The van der Waals surface area contributed by atoms with E-state index < -0.39 is 11.7 Å². The maximum absolute atomic E-state index is 13.2. The van der Waals surface area contributed by atoms with Gasteiger partial charge in [0.2, 0.25) is 0 Å². The van der Waals surface area contributed by atoms with Gasteiger partial charge in [0.1, 0.15) is 17.1 Å². The summed E-state index contributed by atoms with van der Waals surface area (Å²) in [6.07, 6.45) is -2.43. The fourth-order valence-electron chi connectivity index (χ4n) is 2.93. The number of hydrogen-bond donors (Lipinski definition) is 1. The molecule has 148 valence electrons. The normalized spacial score (nSPS) is 11.9. The van der Waals surface area contributed by atoms with Crippen molar-refractivity contribution in [3.05, 3.63) is 59.9 Å². The van der Waals surface area contributed by atoms with Crippen LogP contribution < -0.4 is 0 Å². The molecule has 1 aromatic heterocycles. The van der Waals surface area contributed by atoms with Crippen LogP contribution in [0.4, 0.5) is 13.2 Å². The molecule has 0 fully saturated rings. The Balaban J connectivity index is 2.18. The van der Waals surface area contributed by atoms with Crippen LogP contribution in [0, 0.1) is 7.14 Å². The quantitative estimate of drug-likeness (QED) is 0.251. The average Bonchev–Trinajstić information content (AvgIpc) is 3.00. The van der Waals surface area contributed by atoms with E-state index in [1.54, 1.807) is 12.1 Å². The summed E-state index contributed by atoms with van der Waals surface area (Å²) in [4.78, 5) is 13.2. The van der Waals surface area contributed by atoms with E-state index in [1.165, 1.54) is 6.07 Å². The molecule has 28 heavy (non-hydrogen) atoms. The molecule has 2 aromatic carbocycles. The fraction of sp³-hybridized carbons (Fsp3) is 0.250. The number of phenols is 1. The Morgan fingerprint density at radius 2 is 1.79 bits per heavy atom. The molecule has 3 rings (SSSR count). The van der Waals surface area contributed by atoms with Crippen molar-refractivity contribution in [2.45, 2.75) is 32.4 Å². The van der Waals surface area contributed by atoms with Gasteiger partial charge < -0.3 is 9.52 Å². The van der Waals surface area contributed by atoms with Gasteiger partial charge in [0.25, 0.3) is 0 Å². The lowest BCUT2D eigenvalue weighted by Crippen LogP contribution is -2.06. The number of fused-ring (bicyclic) bond motifs is 1. The van der Waals surface area contributed by atoms with Gasteiger partial charge >= 0.3 is 6.18 Å². The molecule has 0 bridgehead atoms. The van der Waals surface area contributed by atoms with Crippen LogP contribution in [-0.2, 0) is 12.6 Å². The van der Waals surface area contributed by atoms with Crippen LogP contribution in [0.5, 0.6) is 5.75 Å². The standard InChI is InChI=1S/C20H15F3I2O3/c1-2-3-4-15-17(18(26)10-7-13(24)19(27)14(25)8-10)12-6-5-11(20(21,22)23)9-16(12)28-15/h5-9,27H,2-4H2,1H3. The molecule has 8 heteroatoms. The highest BCUT2D eigenvalue weighted by atomic mass is 127. The van der Waals surface area contributed by atoms with Crippen LogP contribution in [0.25, 0.3) is 11.0 Å². The third-order valence-electron chi connectivity index (χ3n) is 4.35. The number of carbonyl (C=O) groups excluding carboxylic acids is 1. The van der Waals surface area contributed by atoms with Gasteiger partial charge in [-0.3, -0.25) is 4.79 Å². The van der Waals surface area contributed by atoms with Gasteiger partial charge in [0, 0.05) is 17.4 Å². The van der Waals surface area contributed by atoms with Gasteiger partial charge in [-0.05, 0) is 81.9 Å². The zero-order valence-electron chi connectivity index (χ0n) is 14.7. The number of aromatic hydroxyl groups is 1. The maximum atomic E-state index is 13.2. The zero-order chi connectivity index (χ0) is 20.6. The Hall–Kier alpha value is -1.30. The lowest BCUT2D eigenvalue weighted by molar-refractivity contribution is -0.137. The van der Waals surface area contributed by atoms with Crippen LogP contribution in [0.1, 0.15) is 47.0 Å². The number of benzene rings is 2. The van der Waals surface area contributed by atoms with E-state index in [0.717, 1.165) is 25.0 Å². The Kier molecular flexibility index (Phi) is 6.28. The van der Waals surface area contributed by atoms with Crippen molar-refractivity contribution in [2.75, 3.05) is 0 Å². The van der Waals surface area contributed by atoms with Crippen molar-refractivity contribution in [2.24, 2.45) is 0 Å². The summed E-state index contributed by atoms with van der Waals surface area (Å²) < 4.78 is 45.9. The van der Waals surface area contributed by atoms with Crippen LogP contribution >= 0.6 is 45.2 Å². The predicted molar refractivity (Wildman–Crippen MR) is 117 cm³/mol. The van der Waals surface area contributed by atoms with Crippen molar-refractivity contribution >= 4 is 61.9 Å². The second-order valence-electron chi connectivity index (χ2n) is 6.33. The molecule has 0 aliphatic rings. The van der Waals surface area contributed by atoms with E-state index >= 15 is 0 Å². The summed E-state index contributed by atoms with van der Waals surface area (Å²) in [6, 6.07) is 6.31. The number of hydrogen-bond acceptors (Lipinski definition) is 3. The number of phenolic OH excluding ortho intramolecular Hbond substituents is 1. The zero-order valence-corrected chi connectivity index (χ0v) is 19.0. The summed E-state index contributed by atoms with van der Waals surface area (Å²) in [7, 11) is 0. The van der Waals surface area contributed by atoms with Gasteiger partial charge in [-0.2, -0.15) is 13.2 Å². The number of halogens is 5. The molecular formula is C20H15F3I2O3. The number of aryl methyl sites for hydroxylation is 1. The third kappa shape index (κ3) is 4.17. The maximum Gasteiger partial charge on any atom is 0.416 e. The van der Waals surface area contributed by atoms with Crippen molar-refractivity contribution in [3.63, 3.8) is 0 Å². The fourth-order valence-corrected chi connectivity index (χ4v) is 4.69. The number of unbranched alkanes of at least 4 members (excludes halogenated alkanes) is 1. The van der Waals surface area contributed by atoms with Crippen LogP contribution in [0.15, 0.2) is 34.7 Å². The van der Waals surface area contributed by atoms with E-state index in [2.05, 4.69) is 0 Å². The molecule has 0 spiro atoms. The first-order valence-corrected chi connectivity index (χ1v) is 10.6. The Labute approximate surface area is 186 Å². The molecule has 0 saturated carbocycles. The molecule has 0 saturated heterocycles. The van der Waals surface area contributed by atoms with Gasteiger partial charge in [0.15, 0.2) is 5.78 Å². The molecule has 1 heterocycles. The Morgan fingerprint density at radius 1 is 1.14 bits per heavy atom. The van der Waals surface area contributed by atoms with Gasteiger partial charge in [0.05, 0.1) is 18.3 Å². The minimum absolute atomic E-state index is 0.0486. The largest absolute Gasteiger partial charge is 0.506 e. The number of alkyl halides is 3. The van der Waals surface area contributed by atoms with Crippen LogP contribution in [0.2, 0.25) is 0 Å². The van der Waals surface area contributed by atoms with Gasteiger partial charge in [-0.15, -0.1) is 0 Å². The van der Waals surface area contributed by atoms with Crippen molar-refractivity contribution in [3.8, 4) is 5.75 Å². The second-order valence-corrected chi connectivity index (χ2v) is 8.65. The Morgan fingerprint density at radius 3 is 2.36 bits per heavy atom. The third-order valence-corrected chi connectivity index (χ3v) is 6.00. The Bertz CT molecular complexity index is 1030. The highest BCUT2D eigenvalue weighted by Gasteiger charge is 2.32. The minimum atomic E-state index is -4.49. The first kappa shape index (κ1) is 21.4. The summed E-state index contributed by atoms with van der Waals surface area (Å²) in [5.74, 6) is 0.149. The van der Waals surface area contributed by atoms with E-state index in [4.69, 9.17) is 4.42 Å². The van der Waals surface area contributed by atoms with Gasteiger partial charge in [-0.1, -0.05) is 13.3 Å². The van der Waals surface area contributed by atoms with E-state index in [-0.39, 0.29) is 22.7 Å². The molecule has 3 nitrogen and oxygen atoms in total. The molecule has 0 amide bonds. The smallest absolute Gasteiger partial charge is 0.416 e. The molecular weight excluding hydrogens is 599 g/mol. The van der Waals surface area contributed by atoms with E-state index in [1.807, 2.05) is 52.1 Å². The number of rotatable bonds is 5. The molecule has 0 aliphatic heterocycles. The summed E-state index contributed by atoms with van der Waals surface area (Å²) in [5.41, 5.74) is -0.127. The van der Waals surface area contributed by atoms with Crippen LogP contribution in [-0.4, -0.2) is 10.9 Å². The van der Waals surface area contributed by atoms with Crippen molar-refractivity contribution in [1.82, 2.24) is 0 Å². The monoisotopic (exact) mass is 614 g/mol. The molecule has 0 atom stereocenters. The molecule has 0 unspecified atom stereocenters. The first-order valence-electron chi connectivity index (χ1n) is 8.48. The van der Waals surface area contributed by atoms with E-state index in [9.17, 15) is 23.1 Å². The number of furan rings is 1. The molecule has 0 radical (unpaired) electrons. The lowest BCUT2D eigenvalue weighted by atomic mass is 9.97. The van der Waals surface area contributed by atoms with E-state index in [0.29, 0.717) is 30.3 Å². The van der Waals surface area contributed by atoms with Crippen molar-refractivity contribution in [1.29, 1.82) is 0 Å². The average molecular weight is 614 g/mol. The topological polar surface area (TPSA) is 50.4 Å². The summed E-state index contributed by atoms with van der Waals surface area (Å²) in [5, 5.41) is 10.3.